The fraction of sp³-hybridized carbons (Fsp3) is 0. The van der Waals surface area contributed by atoms with Crippen molar-refractivity contribution in [3.05, 3.63) is 188 Å². The van der Waals surface area contributed by atoms with Crippen molar-refractivity contribution in [1.29, 1.82) is 0 Å². The van der Waals surface area contributed by atoms with Crippen LogP contribution in [0.5, 0.6) is 0 Å². The number of anilines is 3. The Morgan fingerprint density at radius 3 is 1.70 bits per heavy atom. The first-order chi connectivity index (χ1) is 24.8. The van der Waals surface area contributed by atoms with Gasteiger partial charge in [-0.05, 0) is 85.6 Å². The fourth-order valence-electron chi connectivity index (χ4n) is 7.69. The van der Waals surface area contributed by atoms with Crippen molar-refractivity contribution in [1.82, 2.24) is 0 Å². The Morgan fingerprint density at radius 2 is 0.900 bits per heavy atom. The van der Waals surface area contributed by atoms with Crippen LogP contribution in [0.25, 0.3) is 74.7 Å². The van der Waals surface area contributed by atoms with E-state index in [0.29, 0.717) is 0 Å². The van der Waals surface area contributed by atoms with E-state index in [0.717, 1.165) is 5.69 Å². The lowest BCUT2D eigenvalue weighted by Crippen LogP contribution is -2.11. The van der Waals surface area contributed by atoms with E-state index in [2.05, 4.69) is 193 Å². The van der Waals surface area contributed by atoms with Gasteiger partial charge < -0.3 is 4.90 Å². The van der Waals surface area contributed by atoms with Gasteiger partial charge in [0.1, 0.15) is 0 Å². The molecule has 1 aromatic heterocycles. The van der Waals surface area contributed by atoms with E-state index in [1.807, 2.05) is 11.3 Å². The van der Waals surface area contributed by atoms with Crippen molar-refractivity contribution in [3.63, 3.8) is 0 Å². The minimum Gasteiger partial charge on any atom is -0.309 e. The Hall–Kier alpha value is -6.22. The molecule has 0 saturated carbocycles. The van der Waals surface area contributed by atoms with Gasteiger partial charge in [-0.3, -0.25) is 0 Å². The molecule has 0 amide bonds. The molecule has 0 bridgehead atoms. The topological polar surface area (TPSA) is 3.24 Å². The van der Waals surface area contributed by atoms with E-state index in [9.17, 15) is 0 Å². The van der Waals surface area contributed by atoms with Crippen molar-refractivity contribution in [2.24, 2.45) is 0 Å². The molecule has 0 radical (unpaired) electrons. The highest BCUT2D eigenvalue weighted by Crippen LogP contribution is 2.47. The van der Waals surface area contributed by atoms with Crippen LogP contribution >= 0.6 is 11.3 Å². The predicted octanol–water partition coefficient (Wildman–Crippen LogP) is 14.3. The van der Waals surface area contributed by atoms with Crippen molar-refractivity contribution in [3.8, 4) is 22.3 Å². The van der Waals surface area contributed by atoms with Gasteiger partial charge >= 0.3 is 0 Å². The summed E-state index contributed by atoms with van der Waals surface area (Å²) in [6.45, 7) is 0. The normalized spacial score (nSPS) is 11.6. The van der Waals surface area contributed by atoms with Crippen molar-refractivity contribution >= 4 is 80.9 Å². The van der Waals surface area contributed by atoms with Crippen LogP contribution in [0.2, 0.25) is 0 Å². The van der Waals surface area contributed by atoms with Crippen molar-refractivity contribution < 1.29 is 0 Å². The molecule has 1 nitrogen and oxygen atoms in total. The summed E-state index contributed by atoms with van der Waals surface area (Å²) < 4.78 is 2.60. The molecule has 2 heteroatoms. The lowest BCUT2D eigenvalue weighted by atomic mass is 9.96. The lowest BCUT2D eigenvalue weighted by molar-refractivity contribution is 1.32. The summed E-state index contributed by atoms with van der Waals surface area (Å²) in [6, 6.07) is 68.7. The Balaban J connectivity index is 1.13. The molecule has 0 saturated heterocycles. The molecule has 0 unspecified atom stereocenters. The van der Waals surface area contributed by atoms with Crippen LogP contribution in [-0.2, 0) is 0 Å². The van der Waals surface area contributed by atoms with E-state index >= 15 is 0 Å². The number of benzene rings is 9. The van der Waals surface area contributed by atoms with E-state index in [1.54, 1.807) is 0 Å². The number of hydrogen-bond donors (Lipinski definition) is 0. The number of fused-ring (bicyclic) bond motifs is 7. The number of thiophene rings is 1. The summed E-state index contributed by atoms with van der Waals surface area (Å²) >= 11 is 1.86. The summed E-state index contributed by atoms with van der Waals surface area (Å²) in [5.41, 5.74) is 8.38. The molecule has 10 aromatic rings. The van der Waals surface area contributed by atoms with Gasteiger partial charge in [0.15, 0.2) is 0 Å². The second-order valence-electron chi connectivity index (χ2n) is 12.9. The van der Waals surface area contributed by atoms with Gasteiger partial charge in [0, 0.05) is 31.2 Å². The smallest absolute Gasteiger partial charge is 0.0555 e. The first-order valence-corrected chi connectivity index (χ1v) is 17.9. The molecule has 10 rings (SSSR count). The molecule has 1 heterocycles. The molecule has 0 atom stereocenters. The third-order valence-electron chi connectivity index (χ3n) is 10.1. The van der Waals surface area contributed by atoms with Crippen LogP contribution in [0, 0.1) is 0 Å². The molecular formula is C48H31NS. The molecule has 0 aliphatic carbocycles. The Morgan fingerprint density at radius 1 is 0.340 bits per heavy atom. The zero-order valence-corrected chi connectivity index (χ0v) is 28.1. The average Bonchev–Trinajstić information content (AvgIpc) is 3.58. The SMILES string of the molecule is c1ccc2c(-c3ccc(-c4ccc(N(c5cc6ccccc6c6ccccc56)c5cccc6sc7ccccc7c56)cc4)cc3)cccc2c1. The number of rotatable bonds is 5. The summed E-state index contributed by atoms with van der Waals surface area (Å²) in [4.78, 5) is 2.48. The zero-order valence-electron chi connectivity index (χ0n) is 27.3. The maximum absolute atomic E-state index is 2.48. The summed E-state index contributed by atoms with van der Waals surface area (Å²) in [5.74, 6) is 0. The third-order valence-corrected chi connectivity index (χ3v) is 11.2. The van der Waals surface area contributed by atoms with Gasteiger partial charge in [-0.15, -0.1) is 11.3 Å². The molecule has 50 heavy (non-hydrogen) atoms. The van der Waals surface area contributed by atoms with Crippen LogP contribution in [0.4, 0.5) is 17.1 Å². The van der Waals surface area contributed by atoms with E-state index < -0.39 is 0 Å². The standard InChI is InChI=1S/C48H31NS/c1-3-14-38-34(11-1)13-9-19-39(38)35-25-23-32(24-26-35)33-27-29-37(30-28-33)49(44-20-10-22-47-48(44)43-18-7-8-21-46(43)50-47)45-31-36-12-2-4-15-40(36)41-16-5-6-17-42(41)45/h1-31H. The van der Waals surface area contributed by atoms with Crippen LogP contribution < -0.4 is 4.90 Å². The maximum atomic E-state index is 2.48. The second kappa shape index (κ2) is 11.7. The first kappa shape index (κ1) is 28.8. The predicted molar refractivity (Wildman–Crippen MR) is 217 cm³/mol. The minimum absolute atomic E-state index is 1.13. The largest absolute Gasteiger partial charge is 0.309 e. The number of hydrogen-bond acceptors (Lipinski definition) is 2. The van der Waals surface area contributed by atoms with E-state index in [-0.39, 0.29) is 0 Å². The Labute approximate surface area is 294 Å². The lowest BCUT2D eigenvalue weighted by Gasteiger charge is -2.28. The molecule has 0 N–H and O–H groups in total. The Bertz CT molecular complexity index is 2860. The minimum atomic E-state index is 1.13. The highest BCUT2D eigenvalue weighted by molar-refractivity contribution is 7.26. The van der Waals surface area contributed by atoms with Gasteiger partial charge in [-0.2, -0.15) is 0 Å². The molecule has 0 aliphatic rings. The third kappa shape index (κ3) is 4.69. The van der Waals surface area contributed by atoms with Gasteiger partial charge in [0.2, 0.25) is 0 Å². The van der Waals surface area contributed by atoms with Gasteiger partial charge in [-0.25, -0.2) is 0 Å². The van der Waals surface area contributed by atoms with Crippen LogP contribution in [-0.4, -0.2) is 0 Å². The summed E-state index contributed by atoms with van der Waals surface area (Å²) in [7, 11) is 0. The molecule has 0 fully saturated rings. The number of nitrogens with zero attached hydrogens (tertiary/aromatic N) is 1. The molecular weight excluding hydrogens is 623 g/mol. The quantitative estimate of drug-likeness (QED) is 0.167. The monoisotopic (exact) mass is 653 g/mol. The van der Waals surface area contributed by atoms with Crippen LogP contribution in [0.1, 0.15) is 0 Å². The van der Waals surface area contributed by atoms with Gasteiger partial charge in [-0.1, -0.05) is 152 Å². The second-order valence-corrected chi connectivity index (χ2v) is 14.0. The molecule has 0 aliphatic heterocycles. The summed E-state index contributed by atoms with van der Waals surface area (Å²) in [5, 5.41) is 10.1. The van der Waals surface area contributed by atoms with Crippen LogP contribution in [0.15, 0.2) is 188 Å². The summed E-state index contributed by atoms with van der Waals surface area (Å²) in [6.07, 6.45) is 0. The van der Waals surface area contributed by atoms with E-state index in [1.165, 1.54) is 86.1 Å². The average molecular weight is 654 g/mol. The van der Waals surface area contributed by atoms with E-state index in [4.69, 9.17) is 0 Å². The van der Waals surface area contributed by atoms with Crippen molar-refractivity contribution in [2.45, 2.75) is 0 Å². The first-order valence-electron chi connectivity index (χ1n) is 17.1. The highest BCUT2D eigenvalue weighted by atomic mass is 32.1. The highest BCUT2D eigenvalue weighted by Gasteiger charge is 2.21. The molecule has 234 valence electrons. The maximum Gasteiger partial charge on any atom is 0.0555 e. The fourth-order valence-corrected chi connectivity index (χ4v) is 8.82. The van der Waals surface area contributed by atoms with Gasteiger partial charge in [0.25, 0.3) is 0 Å². The molecule has 9 aromatic carbocycles. The van der Waals surface area contributed by atoms with Crippen LogP contribution in [0.3, 0.4) is 0 Å². The molecule has 0 spiro atoms. The van der Waals surface area contributed by atoms with Gasteiger partial charge in [0.05, 0.1) is 11.4 Å². The Kier molecular flexibility index (Phi) is 6.75. The zero-order chi connectivity index (χ0) is 33.0. The van der Waals surface area contributed by atoms with Crippen molar-refractivity contribution in [2.75, 3.05) is 4.90 Å².